The Morgan fingerprint density at radius 1 is 0.952 bits per heavy atom. The maximum absolute atomic E-state index is 14.6. The molecule has 0 spiro atoms. The van der Waals surface area contributed by atoms with Crippen LogP contribution in [-0.2, 0) is 28.6 Å². The number of fused-ring (bicyclic) bond motifs is 14. The molecule has 0 aromatic heterocycles. The molecule has 62 heavy (non-hydrogen) atoms. The van der Waals surface area contributed by atoms with Crippen LogP contribution in [0.5, 0.6) is 23.0 Å². The number of phenols is 2. The number of nitrogens with zero attached hydrogens (tertiary/aromatic N) is 2. The van der Waals surface area contributed by atoms with Crippen LogP contribution in [0, 0.1) is 30.6 Å². The zero-order valence-corrected chi connectivity index (χ0v) is 38.0. The minimum Gasteiger partial charge on any atom is -0.507 e. The van der Waals surface area contributed by atoms with Crippen molar-refractivity contribution in [3.8, 4) is 23.0 Å². The van der Waals surface area contributed by atoms with Crippen molar-refractivity contribution in [3.63, 3.8) is 0 Å². The molecule has 0 unspecified atom stereocenters. The molecular formula is C46H65N3O13. The number of phenolic OH excluding ortho intramolecular Hbond substituents is 2. The van der Waals surface area contributed by atoms with Crippen molar-refractivity contribution < 1.29 is 63.3 Å². The number of ether oxygens (including phenoxy) is 5. The summed E-state index contributed by atoms with van der Waals surface area (Å²) in [5.74, 6) is -8.12. The molecule has 2 aromatic carbocycles. The molecule has 0 aliphatic carbocycles. The van der Waals surface area contributed by atoms with Crippen LogP contribution < -0.4 is 14.8 Å². The first-order valence-electron chi connectivity index (χ1n) is 21.1. The molecule has 3 aliphatic rings. The smallest absolute Gasteiger partial charge is 0.312 e. The zero-order chi connectivity index (χ0) is 46.4. The Morgan fingerprint density at radius 2 is 1.63 bits per heavy atom. The molecule has 2 aromatic rings. The summed E-state index contributed by atoms with van der Waals surface area (Å²) in [6, 6.07) is 1.27. The standard InChI is InChI=1S/C46H65N3O13/c1-13-14-15-20-49(48(10)11)34(51)23-59-33-22-31-41(55)36-35(33)37-43(29(7)40(36)54)62-46(9,44(37)56)60-21-19-32(58-12)26(4)42(61-30(8)50)28(6)39(53)27(5)38(52)24(2)17-16-18-25(3)45(57)47-31/h16-19,21-22,24,26-28,32,38-39,42,52-55H,13-15,20,23H2,1-12H3,(H,47,57)/b17-16+,21-19+,25-18-/t24-,26-,27-,28-,32+,38-,39+,42-,46+/m1/s1. The van der Waals surface area contributed by atoms with Gasteiger partial charge in [-0.05, 0) is 26.3 Å². The van der Waals surface area contributed by atoms with Gasteiger partial charge in [0.25, 0.3) is 17.6 Å². The second-order valence-electron chi connectivity index (χ2n) is 16.8. The third-order valence-corrected chi connectivity index (χ3v) is 11.9. The molecule has 0 fully saturated rings. The largest absolute Gasteiger partial charge is 0.507 e. The first-order chi connectivity index (χ1) is 29.1. The maximum atomic E-state index is 14.6. The highest BCUT2D eigenvalue weighted by atomic mass is 16.7. The molecular weight excluding hydrogens is 803 g/mol. The Hall–Kier alpha value is -5.16. The third kappa shape index (κ3) is 10.5. The van der Waals surface area contributed by atoms with Crippen molar-refractivity contribution in [1.82, 2.24) is 10.0 Å². The number of unbranched alkanes of at least 4 members (excludes halogenated alkanes) is 2. The topological polar surface area (TPSA) is 214 Å². The molecule has 0 saturated heterocycles. The Labute approximate surface area is 364 Å². The number of anilines is 1. The summed E-state index contributed by atoms with van der Waals surface area (Å²) in [5, 5.41) is 51.9. The van der Waals surface area contributed by atoms with E-state index in [0.717, 1.165) is 19.3 Å². The van der Waals surface area contributed by atoms with Crippen LogP contribution in [0.1, 0.15) is 90.6 Å². The summed E-state index contributed by atoms with van der Waals surface area (Å²) >= 11 is 0. The molecule has 0 saturated carbocycles. The minimum atomic E-state index is -2.04. The summed E-state index contributed by atoms with van der Waals surface area (Å²) < 4.78 is 29.9. The van der Waals surface area contributed by atoms with Gasteiger partial charge < -0.3 is 49.4 Å². The molecule has 3 aliphatic heterocycles. The molecule has 16 nitrogen and oxygen atoms in total. The highest BCUT2D eigenvalue weighted by Gasteiger charge is 2.50. The van der Waals surface area contributed by atoms with Gasteiger partial charge in [0.15, 0.2) is 12.4 Å². The Bertz CT molecular complexity index is 2080. The highest BCUT2D eigenvalue weighted by Crippen LogP contribution is 2.54. The number of benzene rings is 2. The second kappa shape index (κ2) is 20.8. The summed E-state index contributed by atoms with van der Waals surface area (Å²) in [4.78, 5) is 54.2. The Balaban J connectivity index is 1.93. The number of ketones is 1. The summed E-state index contributed by atoms with van der Waals surface area (Å²) in [7, 11) is 4.90. The van der Waals surface area contributed by atoms with Gasteiger partial charge in [-0.15, -0.1) is 0 Å². The number of amides is 2. The first-order valence-corrected chi connectivity index (χ1v) is 21.1. The van der Waals surface area contributed by atoms with E-state index in [9.17, 15) is 39.6 Å². The number of aromatic hydroxyl groups is 2. The van der Waals surface area contributed by atoms with Gasteiger partial charge in [-0.25, -0.2) is 5.01 Å². The van der Waals surface area contributed by atoms with Gasteiger partial charge in [-0.1, -0.05) is 65.7 Å². The molecule has 5 rings (SSSR count). The van der Waals surface area contributed by atoms with Gasteiger partial charge in [0.2, 0.25) is 0 Å². The van der Waals surface area contributed by atoms with E-state index in [4.69, 9.17) is 23.7 Å². The number of carbonyl (C=O) groups excluding carboxylic acids is 4. The number of esters is 1. The quantitative estimate of drug-likeness (QED) is 0.0812. The Morgan fingerprint density at radius 3 is 2.24 bits per heavy atom. The fourth-order valence-electron chi connectivity index (χ4n) is 8.02. The number of rotatable bonds is 10. The number of Topliss-reactive ketones (excluding diaryl/α,β-unsaturated/α-hetero) is 1. The van der Waals surface area contributed by atoms with E-state index < -0.39 is 95.5 Å². The molecule has 0 radical (unpaired) electrons. The van der Waals surface area contributed by atoms with Crippen LogP contribution in [0.25, 0.3) is 10.8 Å². The summed E-state index contributed by atoms with van der Waals surface area (Å²) in [5.41, 5.74) is -0.0244. The normalized spacial score (nSPS) is 29.0. The van der Waals surface area contributed by atoms with Crippen molar-refractivity contribution in [2.24, 2.45) is 23.7 Å². The average Bonchev–Trinajstić information content (AvgIpc) is 3.49. The molecule has 342 valence electrons. The maximum Gasteiger partial charge on any atom is 0.312 e. The van der Waals surface area contributed by atoms with E-state index in [2.05, 4.69) is 12.2 Å². The number of hydrogen-bond donors (Lipinski definition) is 5. The molecule has 16 heteroatoms. The summed E-state index contributed by atoms with van der Waals surface area (Å²) in [6.45, 7) is 14.5. The highest BCUT2D eigenvalue weighted by molar-refractivity contribution is 6.21. The van der Waals surface area contributed by atoms with Gasteiger partial charge in [0.05, 0.1) is 41.2 Å². The summed E-state index contributed by atoms with van der Waals surface area (Å²) in [6.07, 6.45) is 6.19. The average molecular weight is 868 g/mol. The van der Waals surface area contributed by atoms with Crippen molar-refractivity contribution in [1.29, 1.82) is 0 Å². The van der Waals surface area contributed by atoms with E-state index in [0.29, 0.717) is 6.54 Å². The number of hydrazine groups is 1. The van der Waals surface area contributed by atoms with Crippen molar-refractivity contribution >= 4 is 40.0 Å². The fraction of sp³-hybridized carbons (Fsp3) is 0.565. The van der Waals surface area contributed by atoms with Crippen molar-refractivity contribution in [3.05, 3.63) is 53.3 Å². The van der Waals surface area contributed by atoms with E-state index >= 15 is 0 Å². The third-order valence-electron chi connectivity index (χ3n) is 11.9. The number of aliphatic hydroxyl groups is 2. The predicted octanol–water partition coefficient (Wildman–Crippen LogP) is 5.92. The first kappa shape index (κ1) is 49.5. The molecule has 5 N–H and O–H groups in total. The van der Waals surface area contributed by atoms with E-state index in [-0.39, 0.29) is 44.7 Å². The monoisotopic (exact) mass is 867 g/mol. The van der Waals surface area contributed by atoms with Crippen LogP contribution in [-0.4, -0.2) is 119 Å². The number of allylic oxidation sites excluding steroid dienone is 2. The van der Waals surface area contributed by atoms with Crippen LogP contribution in [0.4, 0.5) is 5.69 Å². The minimum absolute atomic E-state index is 0.0613. The van der Waals surface area contributed by atoms with Crippen LogP contribution in [0.15, 0.2) is 42.2 Å². The van der Waals surface area contributed by atoms with Crippen LogP contribution in [0.2, 0.25) is 0 Å². The lowest BCUT2D eigenvalue weighted by atomic mass is 9.78. The van der Waals surface area contributed by atoms with Crippen molar-refractivity contribution in [2.75, 3.05) is 39.7 Å². The molecule has 2 amide bonds. The Kier molecular flexibility index (Phi) is 16.6. The van der Waals surface area contributed by atoms with Crippen molar-refractivity contribution in [2.45, 2.75) is 112 Å². The van der Waals surface area contributed by atoms with Gasteiger partial charge in [-0.3, -0.25) is 24.2 Å². The van der Waals surface area contributed by atoms with E-state index in [1.165, 1.54) is 64.3 Å². The number of aliphatic hydroxyl groups excluding tert-OH is 2. The predicted molar refractivity (Wildman–Crippen MR) is 233 cm³/mol. The lowest BCUT2D eigenvalue weighted by molar-refractivity contribution is -0.160. The van der Waals surface area contributed by atoms with Crippen LogP contribution >= 0.6 is 0 Å². The van der Waals surface area contributed by atoms with Gasteiger partial charge in [0, 0.05) is 87.9 Å². The number of methoxy groups -OCH3 is 1. The number of nitrogens with one attached hydrogen (secondary N) is 1. The lowest BCUT2D eigenvalue weighted by Crippen LogP contribution is -2.46. The number of hydrogen-bond acceptors (Lipinski definition) is 14. The fourth-order valence-corrected chi connectivity index (χ4v) is 8.02. The SMILES string of the molecule is CCCCCN(C(=O)COc1cc2c(O)c3c(O)c(C)c4c(c13)C(=O)[C@@](C)(O/C=C/[C@H](OC)[C@@H](C)[C@@H](OC(C)=O)[C@H](C)[C@@H](O)[C@H](C)[C@H](O)[C@H](C)/C=C/C=C(/C)C(=O)N2)O4)N(C)C. The van der Waals surface area contributed by atoms with E-state index in [1.54, 1.807) is 59.0 Å². The van der Waals surface area contributed by atoms with E-state index in [1.807, 2.05) is 0 Å². The van der Waals surface area contributed by atoms with Gasteiger partial charge in [0.1, 0.15) is 23.4 Å². The lowest BCUT2D eigenvalue weighted by Gasteiger charge is -2.38. The van der Waals surface area contributed by atoms with Gasteiger partial charge in [-0.2, -0.15) is 0 Å². The molecule has 3 heterocycles. The second-order valence-corrected chi connectivity index (χ2v) is 16.8. The number of carbonyl (C=O) groups is 4. The van der Waals surface area contributed by atoms with Crippen LogP contribution in [0.3, 0.4) is 0 Å². The van der Waals surface area contributed by atoms with Gasteiger partial charge >= 0.3 is 11.8 Å². The molecule has 5 bridgehead atoms. The zero-order valence-electron chi connectivity index (χ0n) is 38.0. The molecule has 9 atom stereocenters.